The summed E-state index contributed by atoms with van der Waals surface area (Å²) < 4.78 is 91.9. The molecule has 10 nitrogen and oxygen atoms in total. The largest absolute Gasteiger partial charge is 0.416 e. The predicted octanol–water partition coefficient (Wildman–Crippen LogP) is 3.03. The van der Waals surface area contributed by atoms with Gasteiger partial charge in [-0.3, -0.25) is 14.2 Å². The van der Waals surface area contributed by atoms with E-state index in [4.69, 9.17) is 5.26 Å². The van der Waals surface area contributed by atoms with Crippen LogP contribution >= 0.6 is 0 Å². The van der Waals surface area contributed by atoms with Crippen LogP contribution in [0.3, 0.4) is 0 Å². The number of amides is 1. The third-order valence-corrected chi connectivity index (χ3v) is 9.21. The standard InChI is InChI=1S/C26H25F3N4O6S2/c1-17-23(41(38,39)32(2)13-5-12-30)15-22(24(34)31-16-18-8-10-21(11-9-18)40(3,36)37)25(35)33(17)20-7-4-6-19(14-20)26(27,28)29/h4,6-11,14-15H,5,13,16H2,1-3H3,(H,31,34). The Hall–Kier alpha value is -4.00. The smallest absolute Gasteiger partial charge is 0.348 e. The average Bonchev–Trinajstić information content (AvgIpc) is 2.89. The zero-order chi connectivity index (χ0) is 30.8. The van der Waals surface area contributed by atoms with Crippen LogP contribution in [0.15, 0.2) is 69.2 Å². The van der Waals surface area contributed by atoms with Gasteiger partial charge >= 0.3 is 6.18 Å². The van der Waals surface area contributed by atoms with Crippen LogP contribution in [0.5, 0.6) is 0 Å². The summed E-state index contributed by atoms with van der Waals surface area (Å²) in [6.07, 6.45) is -3.89. The number of sulfonamides is 1. The number of carbonyl (C=O) groups excluding carboxylic acids is 1. The second-order valence-corrected chi connectivity index (χ2v) is 13.1. The number of pyridine rings is 1. The summed E-state index contributed by atoms with van der Waals surface area (Å²) in [5.74, 6) is -1.01. The van der Waals surface area contributed by atoms with Crippen molar-refractivity contribution in [2.75, 3.05) is 19.8 Å². The minimum atomic E-state index is -4.76. The molecule has 41 heavy (non-hydrogen) atoms. The van der Waals surface area contributed by atoms with Crippen LogP contribution in [0.2, 0.25) is 0 Å². The summed E-state index contributed by atoms with van der Waals surface area (Å²) in [6, 6.07) is 11.8. The van der Waals surface area contributed by atoms with Crippen molar-refractivity contribution >= 4 is 25.8 Å². The Labute approximate surface area is 234 Å². The van der Waals surface area contributed by atoms with E-state index in [1.807, 2.05) is 6.07 Å². The molecule has 3 rings (SSSR count). The summed E-state index contributed by atoms with van der Waals surface area (Å²) in [5, 5.41) is 11.3. The Morgan fingerprint density at radius 3 is 2.27 bits per heavy atom. The number of halogens is 3. The summed E-state index contributed by atoms with van der Waals surface area (Å²) in [5.41, 5.74) is -2.92. The van der Waals surface area contributed by atoms with Gasteiger partial charge in [-0.2, -0.15) is 22.7 Å². The predicted molar refractivity (Wildman–Crippen MR) is 143 cm³/mol. The maximum atomic E-state index is 13.5. The normalized spacial score (nSPS) is 12.2. The lowest BCUT2D eigenvalue weighted by molar-refractivity contribution is -0.137. The fourth-order valence-corrected chi connectivity index (χ4v) is 5.89. The maximum Gasteiger partial charge on any atom is 0.416 e. The van der Waals surface area contributed by atoms with Gasteiger partial charge in [0.25, 0.3) is 11.5 Å². The first-order chi connectivity index (χ1) is 19.0. The third kappa shape index (κ3) is 7.02. The van der Waals surface area contributed by atoms with Gasteiger partial charge in [0.1, 0.15) is 10.5 Å². The van der Waals surface area contributed by atoms with Crippen molar-refractivity contribution in [3.05, 3.63) is 87.3 Å². The third-order valence-electron chi connectivity index (χ3n) is 6.11. The number of hydrogen-bond acceptors (Lipinski definition) is 7. The van der Waals surface area contributed by atoms with Gasteiger partial charge in [-0.05, 0) is 48.9 Å². The first kappa shape index (κ1) is 31.5. The number of hydrogen-bond donors (Lipinski definition) is 1. The summed E-state index contributed by atoms with van der Waals surface area (Å²) in [4.78, 5) is 26.2. The molecule has 0 radical (unpaired) electrons. The highest BCUT2D eigenvalue weighted by molar-refractivity contribution is 7.90. The zero-order valence-corrected chi connectivity index (χ0v) is 23.7. The van der Waals surface area contributed by atoms with E-state index in [1.165, 1.54) is 44.3 Å². The lowest BCUT2D eigenvalue weighted by atomic mass is 10.1. The SMILES string of the molecule is Cc1c(S(=O)(=O)N(C)CCC#N)cc(C(=O)NCc2ccc(S(C)(=O)=O)cc2)c(=O)n1-c1cccc(C(F)(F)F)c1. The molecular formula is C26H25F3N4O6S2. The van der Waals surface area contributed by atoms with E-state index >= 15 is 0 Å². The molecule has 218 valence electrons. The molecule has 0 spiro atoms. The number of rotatable bonds is 9. The summed E-state index contributed by atoms with van der Waals surface area (Å²) in [7, 11) is -6.68. The van der Waals surface area contributed by atoms with Crippen LogP contribution in [0.4, 0.5) is 13.2 Å². The molecule has 0 aliphatic rings. The van der Waals surface area contributed by atoms with Crippen molar-refractivity contribution < 1.29 is 34.8 Å². The Bertz CT molecular complexity index is 1790. The van der Waals surface area contributed by atoms with Crippen molar-refractivity contribution in [1.29, 1.82) is 5.26 Å². The molecule has 0 aliphatic heterocycles. The average molecular weight is 611 g/mol. The highest BCUT2D eigenvalue weighted by Crippen LogP contribution is 2.31. The molecule has 0 saturated carbocycles. The van der Waals surface area contributed by atoms with Crippen LogP contribution < -0.4 is 10.9 Å². The Morgan fingerprint density at radius 1 is 1.07 bits per heavy atom. The van der Waals surface area contributed by atoms with E-state index in [0.29, 0.717) is 11.6 Å². The number of aromatic nitrogens is 1. The minimum absolute atomic E-state index is 0.0467. The molecule has 15 heteroatoms. The van der Waals surface area contributed by atoms with E-state index in [2.05, 4.69) is 5.32 Å². The van der Waals surface area contributed by atoms with Gasteiger partial charge in [0.15, 0.2) is 9.84 Å². The molecule has 1 heterocycles. The number of sulfone groups is 1. The van der Waals surface area contributed by atoms with Gasteiger partial charge < -0.3 is 5.32 Å². The van der Waals surface area contributed by atoms with Crippen LogP contribution in [0, 0.1) is 18.3 Å². The second kappa shape index (κ2) is 11.9. The Morgan fingerprint density at radius 2 is 1.71 bits per heavy atom. The molecule has 0 fully saturated rings. The lowest BCUT2D eigenvalue weighted by Crippen LogP contribution is -2.36. The molecule has 0 bridgehead atoms. The molecule has 1 amide bonds. The molecule has 1 aromatic heterocycles. The van der Waals surface area contributed by atoms with E-state index < -0.39 is 53.5 Å². The molecule has 0 atom stereocenters. The summed E-state index contributed by atoms with van der Waals surface area (Å²) in [6.45, 7) is 0.827. The highest BCUT2D eigenvalue weighted by Gasteiger charge is 2.32. The molecule has 0 unspecified atom stereocenters. The molecular weight excluding hydrogens is 585 g/mol. The number of nitrogens with zero attached hydrogens (tertiary/aromatic N) is 3. The number of carbonyl (C=O) groups is 1. The summed E-state index contributed by atoms with van der Waals surface area (Å²) >= 11 is 0. The lowest BCUT2D eigenvalue weighted by Gasteiger charge is -2.21. The molecule has 2 aromatic carbocycles. The molecule has 0 aliphatic carbocycles. The van der Waals surface area contributed by atoms with E-state index in [1.54, 1.807) is 0 Å². The monoisotopic (exact) mass is 610 g/mol. The highest BCUT2D eigenvalue weighted by atomic mass is 32.2. The molecule has 3 aromatic rings. The topological polar surface area (TPSA) is 146 Å². The maximum absolute atomic E-state index is 13.5. The van der Waals surface area contributed by atoms with Crippen LogP contribution in [-0.4, -0.2) is 51.5 Å². The quantitative estimate of drug-likeness (QED) is 0.392. The van der Waals surface area contributed by atoms with Gasteiger partial charge in [0, 0.05) is 44.2 Å². The second-order valence-electron chi connectivity index (χ2n) is 9.03. The fraction of sp³-hybridized carbons (Fsp3) is 0.269. The van der Waals surface area contributed by atoms with Crippen molar-refractivity contribution in [2.45, 2.75) is 35.9 Å². The number of benzene rings is 2. The van der Waals surface area contributed by atoms with Crippen LogP contribution in [0.25, 0.3) is 5.69 Å². The van der Waals surface area contributed by atoms with Crippen molar-refractivity contribution in [2.24, 2.45) is 0 Å². The van der Waals surface area contributed by atoms with E-state index in [0.717, 1.165) is 33.3 Å². The van der Waals surface area contributed by atoms with Gasteiger partial charge in [0.05, 0.1) is 16.5 Å². The van der Waals surface area contributed by atoms with E-state index in [-0.39, 0.29) is 35.8 Å². The first-order valence-electron chi connectivity index (χ1n) is 11.8. The van der Waals surface area contributed by atoms with Gasteiger partial charge in [-0.15, -0.1) is 0 Å². The van der Waals surface area contributed by atoms with Gasteiger partial charge in [-0.25, -0.2) is 16.8 Å². The fourth-order valence-electron chi connectivity index (χ4n) is 3.86. The Kier molecular flexibility index (Phi) is 9.11. The van der Waals surface area contributed by atoms with Crippen molar-refractivity contribution in [3.8, 4) is 11.8 Å². The number of nitrogens with one attached hydrogen (secondary N) is 1. The molecule has 0 saturated heterocycles. The van der Waals surface area contributed by atoms with Crippen molar-refractivity contribution in [3.63, 3.8) is 0 Å². The first-order valence-corrected chi connectivity index (χ1v) is 15.2. The van der Waals surface area contributed by atoms with Gasteiger partial charge in [0.2, 0.25) is 10.0 Å². The van der Waals surface area contributed by atoms with Crippen molar-refractivity contribution in [1.82, 2.24) is 14.2 Å². The minimum Gasteiger partial charge on any atom is -0.348 e. The van der Waals surface area contributed by atoms with Crippen LogP contribution in [-0.2, 0) is 32.6 Å². The van der Waals surface area contributed by atoms with E-state index in [9.17, 15) is 39.6 Å². The Balaban J connectivity index is 2.15. The number of alkyl halides is 3. The van der Waals surface area contributed by atoms with Crippen LogP contribution in [0.1, 0.15) is 33.6 Å². The molecule has 1 N–H and O–H groups in total. The number of nitriles is 1. The zero-order valence-electron chi connectivity index (χ0n) is 22.1. The van der Waals surface area contributed by atoms with Gasteiger partial charge in [-0.1, -0.05) is 18.2 Å².